The third-order valence-corrected chi connectivity index (χ3v) is 6.16. The number of halogens is 1. The predicted octanol–water partition coefficient (Wildman–Crippen LogP) is 5.36. The number of nitrogens with zero attached hydrogens (tertiary/aromatic N) is 3. The van der Waals surface area contributed by atoms with Crippen LogP contribution in [0, 0.1) is 6.92 Å². The fraction of sp³-hybridized carbons (Fsp3) is 0.125. The van der Waals surface area contributed by atoms with E-state index >= 15 is 0 Å². The lowest BCUT2D eigenvalue weighted by Gasteiger charge is -2.11. The van der Waals surface area contributed by atoms with Crippen molar-refractivity contribution in [3.63, 3.8) is 0 Å². The van der Waals surface area contributed by atoms with Crippen molar-refractivity contribution in [1.82, 2.24) is 14.8 Å². The summed E-state index contributed by atoms with van der Waals surface area (Å²) in [6, 6.07) is 20.8. The van der Waals surface area contributed by atoms with Gasteiger partial charge in [0, 0.05) is 28.0 Å². The number of benzene rings is 3. The van der Waals surface area contributed by atoms with E-state index in [-0.39, 0.29) is 18.5 Å². The summed E-state index contributed by atoms with van der Waals surface area (Å²) in [5, 5.41) is 12.9. The summed E-state index contributed by atoms with van der Waals surface area (Å²) in [6.07, 6.45) is 0. The van der Waals surface area contributed by atoms with Crippen LogP contribution in [0.3, 0.4) is 0 Å². The maximum atomic E-state index is 12.6. The van der Waals surface area contributed by atoms with E-state index < -0.39 is 0 Å². The number of nitrogens with one attached hydrogen (secondary N) is 1. The lowest BCUT2D eigenvalue weighted by atomic mass is 10.2. The van der Waals surface area contributed by atoms with Gasteiger partial charge in [0.1, 0.15) is 0 Å². The first-order valence-corrected chi connectivity index (χ1v) is 11.5. The molecule has 0 unspecified atom stereocenters. The van der Waals surface area contributed by atoms with Gasteiger partial charge in [0.25, 0.3) is 0 Å². The van der Waals surface area contributed by atoms with Crippen LogP contribution in [0.1, 0.15) is 5.56 Å². The van der Waals surface area contributed by atoms with Gasteiger partial charge in [-0.15, -0.1) is 10.2 Å². The van der Waals surface area contributed by atoms with Crippen molar-refractivity contribution in [1.29, 1.82) is 0 Å². The van der Waals surface area contributed by atoms with E-state index in [0.29, 0.717) is 33.2 Å². The smallest absolute Gasteiger partial charge is 0.234 e. The van der Waals surface area contributed by atoms with E-state index in [2.05, 4.69) is 15.5 Å². The van der Waals surface area contributed by atoms with Crippen molar-refractivity contribution in [3.05, 3.63) is 77.3 Å². The van der Waals surface area contributed by atoms with Crippen LogP contribution in [-0.2, 0) is 4.79 Å². The van der Waals surface area contributed by atoms with Crippen LogP contribution in [0.25, 0.3) is 17.1 Å². The van der Waals surface area contributed by atoms with Gasteiger partial charge in [-0.3, -0.25) is 9.36 Å². The van der Waals surface area contributed by atoms with Crippen LogP contribution in [0.15, 0.2) is 71.9 Å². The van der Waals surface area contributed by atoms with Crippen molar-refractivity contribution < 1.29 is 14.3 Å². The normalized spacial score (nSPS) is 12.1. The van der Waals surface area contributed by atoms with Crippen LogP contribution in [0.2, 0.25) is 5.02 Å². The lowest BCUT2D eigenvalue weighted by Crippen LogP contribution is -2.14. The molecule has 0 saturated heterocycles. The number of aryl methyl sites for hydroxylation is 1. The second kappa shape index (κ2) is 9.17. The summed E-state index contributed by atoms with van der Waals surface area (Å²) in [5.74, 6) is 1.93. The van der Waals surface area contributed by atoms with Crippen LogP contribution in [0.4, 0.5) is 5.69 Å². The van der Waals surface area contributed by atoms with Crippen molar-refractivity contribution in [2.24, 2.45) is 0 Å². The molecule has 1 aromatic heterocycles. The Bertz CT molecular complexity index is 1320. The van der Waals surface area contributed by atoms with Gasteiger partial charge in [0.2, 0.25) is 12.7 Å². The molecule has 7 nitrogen and oxygen atoms in total. The average molecular weight is 479 g/mol. The largest absolute Gasteiger partial charge is 0.454 e. The van der Waals surface area contributed by atoms with Gasteiger partial charge in [-0.25, -0.2) is 0 Å². The molecule has 4 aromatic rings. The molecule has 0 saturated carbocycles. The van der Waals surface area contributed by atoms with E-state index in [1.54, 1.807) is 18.2 Å². The van der Waals surface area contributed by atoms with Gasteiger partial charge in [-0.05, 0) is 43.3 Å². The molecule has 0 radical (unpaired) electrons. The van der Waals surface area contributed by atoms with Gasteiger partial charge in [0.05, 0.1) is 5.75 Å². The Kier molecular flexibility index (Phi) is 5.93. The Labute approximate surface area is 199 Å². The molecule has 1 aliphatic rings. The van der Waals surface area contributed by atoms with E-state index in [1.165, 1.54) is 11.8 Å². The maximum Gasteiger partial charge on any atom is 0.234 e. The van der Waals surface area contributed by atoms with Gasteiger partial charge >= 0.3 is 0 Å². The van der Waals surface area contributed by atoms with Crippen molar-refractivity contribution in [2.75, 3.05) is 17.9 Å². The number of thioether (sulfide) groups is 1. The second-order valence-corrected chi connectivity index (χ2v) is 8.77. The number of hydrogen-bond acceptors (Lipinski definition) is 6. The fourth-order valence-corrected chi connectivity index (χ4v) is 4.35. The summed E-state index contributed by atoms with van der Waals surface area (Å²) in [4.78, 5) is 12.6. The Morgan fingerprint density at radius 3 is 2.70 bits per heavy atom. The van der Waals surface area contributed by atoms with E-state index in [0.717, 1.165) is 16.8 Å². The number of anilines is 1. The van der Waals surface area contributed by atoms with Crippen LogP contribution >= 0.6 is 23.4 Å². The fourth-order valence-electron chi connectivity index (χ4n) is 3.41. The summed E-state index contributed by atoms with van der Waals surface area (Å²) >= 11 is 7.51. The number of carbonyl (C=O) groups is 1. The maximum absolute atomic E-state index is 12.6. The molecule has 0 spiro atoms. The molecular weight excluding hydrogens is 460 g/mol. The summed E-state index contributed by atoms with van der Waals surface area (Å²) < 4.78 is 12.6. The molecule has 1 amide bonds. The number of ether oxygens (including phenoxy) is 2. The van der Waals surface area contributed by atoms with Crippen LogP contribution < -0.4 is 14.8 Å². The Morgan fingerprint density at radius 1 is 1.06 bits per heavy atom. The Hall–Kier alpha value is -3.49. The monoisotopic (exact) mass is 478 g/mol. The topological polar surface area (TPSA) is 78.3 Å². The third kappa shape index (κ3) is 4.67. The number of carbonyl (C=O) groups excluding carboxylic acids is 1. The van der Waals surface area contributed by atoms with Gasteiger partial charge in [-0.2, -0.15) is 0 Å². The Balaban J connectivity index is 1.38. The van der Waals surface area contributed by atoms with Crippen molar-refractivity contribution >= 4 is 35.0 Å². The number of fused-ring (bicyclic) bond motifs is 1. The highest BCUT2D eigenvalue weighted by Crippen LogP contribution is 2.34. The SMILES string of the molecule is Cc1ccc(-n2c(SCC(=O)Nc3ccc4c(c3)OCO4)nnc2-c2cccc(Cl)c2)cc1. The minimum absolute atomic E-state index is 0.161. The summed E-state index contributed by atoms with van der Waals surface area (Å²) in [6.45, 7) is 2.22. The quantitative estimate of drug-likeness (QED) is 0.376. The highest BCUT2D eigenvalue weighted by atomic mass is 35.5. The molecule has 166 valence electrons. The molecule has 0 aliphatic carbocycles. The highest BCUT2D eigenvalue weighted by molar-refractivity contribution is 7.99. The second-order valence-electron chi connectivity index (χ2n) is 7.39. The molecule has 1 aliphatic heterocycles. The molecule has 5 rings (SSSR count). The Morgan fingerprint density at radius 2 is 1.88 bits per heavy atom. The minimum atomic E-state index is -0.165. The molecule has 0 bridgehead atoms. The van der Waals surface area contributed by atoms with Gasteiger partial charge in [-0.1, -0.05) is 53.2 Å². The first kappa shape index (κ1) is 21.4. The minimum Gasteiger partial charge on any atom is -0.454 e. The van der Waals surface area contributed by atoms with Gasteiger partial charge in [0.15, 0.2) is 22.5 Å². The molecule has 0 atom stereocenters. The van der Waals surface area contributed by atoms with E-state index in [4.69, 9.17) is 21.1 Å². The zero-order chi connectivity index (χ0) is 22.8. The van der Waals surface area contributed by atoms with Crippen molar-refractivity contribution in [2.45, 2.75) is 12.1 Å². The first-order valence-electron chi connectivity index (χ1n) is 10.2. The molecular formula is C24H19ClN4O3S. The van der Waals surface area contributed by atoms with E-state index in [1.807, 2.05) is 60.0 Å². The standard InChI is InChI=1S/C24H19ClN4O3S/c1-15-5-8-19(9-6-15)29-23(16-3-2-4-17(25)11-16)27-28-24(29)33-13-22(30)26-18-7-10-20-21(12-18)32-14-31-20/h2-12H,13-14H2,1H3,(H,26,30). The molecule has 2 heterocycles. The van der Waals surface area contributed by atoms with Crippen molar-refractivity contribution in [3.8, 4) is 28.6 Å². The first-order chi connectivity index (χ1) is 16.1. The zero-order valence-corrected chi connectivity index (χ0v) is 19.2. The number of aromatic nitrogens is 3. The summed E-state index contributed by atoms with van der Waals surface area (Å²) in [7, 11) is 0. The molecule has 33 heavy (non-hydrogen) atoms. The number of hydrogen-bond donors (Lipinski definition) is 1. The molecule has 9 heteroatoms. The lowest BCUT2D eigenvalue weighted by molar-refractivity contribution is -0.113. The number of rotatable bonds is 6. The van der Waals surface area contributed by atoms with Crippen LogP contribution in [-0.4, -0.2) is 33.2 Å². The number of amides is 1. The molecule has 3 aromatic carbocycles. The molecule has 1 N–H and O–H groups in total. The van der Waals surface area contributed by atoms with Crippen LogP contribution in [0.5, 0.6) is 11.5 Å². The van der Waals surface area contributed by atoms with E-state index in [9.17, 15) is 4.79 Å². The average Bonchev–Trinajstić information content (AvgIpc) is 3.45. The highest BCUT2D eigenvalue weighted by Gasteiger charge is 2.18. The summed E-state index contributed by atoms with van der Waals surface area (Å²) in [5.41, 5.74) is 3.53. The zero-order valence-electron chi connectivity index (χ0n) is 17.6. The third-order valence-electron chi connectivity index (χ3n) is 5.00. The molecule has 0 fully saturated rings. The predicted molar refractivity (Wildman–Crippen MR) is 128 cm³/mol. The van der Waals surface area contributed by atoms with Gasteiger partial charge < -0.3 is 14.8 Å².